The lowest BCUT2D eigenvalue weighted by Gasteiger charge is -2.36. The summed E-state index contributed by atoms with van der Waals surface area (Å²) in [5.41, 5.74) is 1.53. The molecule has 0 bridgehead atoms. The highest BCUT2D eigenvalue weighted by Crippen LogP contribution is 2.26. The van der Waals surface area contributed by atoms with E-state index >= 15 is 0 Å². The first-order chi connectivity index (χ1) is 9.43. The van der Waals surface area contributed by atoms with Crippen molar-refractivity contribution in [1.29, 1.82) is 0 Å². The van der Waals surface area contributed by atoms with E-state index in [-0.39, 0.29) is 17.5 Å². The number of halogens is 2. The van der Waals surface area contributed by atoms with Crippen LogP contribution in [0.4, 0.5) is 14.5 Å². The number of nitrogens with two attached hydrogens (primary N) is 1. The minimum absolute atomic E-state index is 0.0143. The molecule has 1 heterocycles. The molecule has 1 amide bonds. The highest BCUT2D eigenvalue weighted by molar-refractivity contribution is 5.95. The molecule has 3 N–H and O–H groups in total. The van der Waals surface area contributed by atoms with Crippen molar-refractivity contribution >= 4 is 11.6 Å². The van der Waals surface area contributed by atoms with Crippen LogP contribution in [0.5, 0.6) is 0 Å². The van der Waals surface area contributed by atoms with E-state index in [0.29, 0.717) is 12.5 Å². The molecule has 2 rings (SSSR count). The third kappa shape index (κ3) is 2.75. The van der Waals surface area contributed by atoms with E-state index < -0.39 is 17.3 Å². The number of amides is 1. The SMILES string of the molecule is CC1CCN(C(=O)c2cc(F)c(NN)c(F)c2)C(C)C1. The van der Waals surface area contributed by atoms with Crippen LogP contribution < -0.4 is 11.3 Å². The number of rotatable bonds is 2. The number of nitrogen functional groups attached to an aromatic ring is 1. The molecule has 0 radical (unpaired) electrons. The summed E-state index contributed by atoms with van der Waals surface area (Å²) in [4.78, 5) is 14.0. The molecule has 2 atom stereocenters. The van der Waals surface area contributed by atoms with Crippen LogP contribution in [0.2, 0.25) is 0 Å². The van der Waals surface area contributed by atoms with Crippen molar-refractivity contribution in [2.24, 2.45) is 11.8 Å². The molecule has 4 nitrogen and oxygen atoms in total. The molecular weight excluding hydrogens is 264 g/mol. The third-order valence-corrected chi connectivity index (χ3v) is 3.83. The van der Waals surface area contributed by atoms with Gasteiger partial charge in [0.1, 0.15) is 5.69 Å². The zero-order chi connectivity index (χ0) is 14.9. The Labute approximate surface area is 116 Å². The second kappa shape index (κ2) is 5.75. The summed E-state index contributed by atoms with van der Waals surface area (Å²) < 4.78 is 27.3. The quantitative estimate of drug-likeness (QED) is 0.647. The number of anilines is 1. The van der Waals surface area contributed by atoms with Gasteiger partial charge >= 0.3 is 0 Å². The second-order valence-corrected chi connectivity index (χ2v) is 5.44. The Morgan fingerprint density at radius 2 is 1.95 bits per heavy atom. The zero-order valence-corrected chi connectivity index (χ0v) is 11.6. The van der Waals surface area contributed by atoms with Crippen LogP contribution in [0.15, 0.2) is 12.1 Å². The van der Waals surface area contributed by atoms with Gasteiger partial charge in [-0.05, 0) is 37.8 Å². The smallest absolute Gasteiger partial charge is 0.254 e. The summed E-state index contributed by atoms with van der Waals surface area (Å²) in [6.45, 7) is 4.71. The molecule has 20 heavy (non-hydrogen) atoms. The predicted octanol–water partition coefficient (Wildman–Crippen LogP) is 2.51. The number of carbonyl (C=O) groups is 1. The van der Waals surface area contributed by atoms with E-state index in [1.54, 1.807) is 4.90 Å². The van der Waals surface area contributed by atoms with Gasteiger partial charge < -0.3 is 10.3 Å². The molecule has 1 fully saturated rings. The molecule has 0 saturated carbocycles. The number of nitrogens with zero attached hydrogens (tertiary/aromatic N) is 1. The molecule has 6 heteroatoms. The van der Waals surface area contributed by atoms with Crippen molar-refractivity contribution in [3.05, 3.63) is 29.3 Å². The van der Waals surface area contributed by atoms with Gasteiger partial charge in [-0.2, -0.15) is 0 Å². The normalized spacial score (nSPS) is 22.8. The molecule has 1 saturated heterocycles. The van der Waals surface area contributed by atoms with E-state index in [2.05, 4.69) is 6.92 Å². The van der Waals surface area contributed by atoms with Crippen LogP contribution in [0.1, 0.15) is 37.0 Å². The van der Waals surface area contributed by atoms with Gasteiger partial charge in [-0.3, -0.25) is 10.6 Å². The topological polar surface area (TPSA) is 58.4 Å². The van der Waals surface area contributed by atoms with Gasteiger partial charge in [-0.25, -0.2) is 8.78 Å². The molecule has 1 aromatic carbocycles. The van der Waals surface area contributed by atoms with Crippen LogP contribution in [0.3, 0.4) is 0 Å². The number of likely N-dealkylation sites (tertiary alicyclic amines) is 1. The molecule has 1 aliphatic rings. The Morgan fingerprint density at radius 1 is 1.35 bits per heavy atom. The molecule has 0 aromatic heterocycles. The summed E-state index contributed by atoms with van der Waals surface area (Å²) >= 11 is 0. The lowest BCUT2D eigenvalue weighted by atomic mass is 9.93. The van der Waals surface area contributed by atoms with Crippen molar-refractivity contribution < 1.29 is 13.6 Å². The average molecular weight is 283 g/mol. The van der Waals surface area contributed by atoms with E-state index in [9.17, 15) is 13.6 Å². The highest BCUT2D eigenvalue weighted by Gasteiger charge is 2.28. The minimum atomic E-state index is -0.867. The van der Waals surface area contributed by atoms with Gasteiger partial charge in [0.2, 0.25) is 0 Å². The summed E-state index contributed by atoms with van der Waals surface area (Å²) in [5, 5.41) is 0. The number of hydrazine groups is 1. The molecule has 1 aliphatic heterocycles. The van der Waals surface area contributed by atoms with Gasteiger partial charge in [0.15, 0.2) is 11.6 Å². The molecular formula is C14H19F2N3O. The minimum Gasteiger partial charge on any atom is -0.336 e. The van der Waals surface area contributed by atoms with Crippen molar-refractivity contribution in [3.8, 4) is 0 Å². The largest absolute Gasteiger partial charge is 0.336 e. The standard InChI is InChI=1S/C14H19F2N3O/c1-8-3-4-19(9(2)5-8)14(20)10-6-11(15)13(18-17)12(16)7-10/h6-9,18H,3-5,17H2,1-2H3. The van der Waals surface area contributed by atoms with E-state index in [1.807, 2.05) is 12.3 Å². The lowest BCUT2D eigenvalue weighted by molar-refractivity contribution is 0.0587. The van der Waals surface area contributed by atoms with Crippen molar-refractivity contribution in [2.45, 2.75) is 32.7 Å². The Kier molecular flexibility index (Phi) is 4.23. The zero-order valence-electron chi connectivity index (χ0n) is 11.6. The van der Waals surface area contributed by atoms with Crippen LogP contribution in [-0.2, 0) is 0 Å². The molecule has 0 aliphatic carbocycles. The van der Waals surface area contributed by atoms with Crippen LogP contribution in [0, 0.1) is 17.6 Å². The van der Waals surface area contributed by atoms with Crippen LogP contribution in [0.25, 0.3) is 0 Å². The average Bonchev–Trinajstić information content (AvgIpc) is 2.37. The first-order valence-electron chi connectivity index (χ1n) is 6.70. The molecule has 0 spiro atoms. The Balaban J connectivity index is 2.25. The van der Waals surface area contributed by atoms with E-state index in [4.69, 9.17) is 5.84 Å². The Bertz CT molecular complexity index is 498. The van der Waals surface area contributed by atoms with Crippen LogP contribution in [-0.4, -0.2) is 23.4 Å². The fourth-order valence-corrected chi connectivity index (χ4v) is 2.71. The highest BCUT2D eigenvalue weighted by atomic mass is 19.1. The van der Waals surface area contributed by atoms with E-state index in [1.165, 1.54) is 0 Å². The van der Waals surface area contributed by atoms with Crippen molar-refractivity contribution in [2.75, 3.05) is 12.0 Å². The van der Waals surface area contributed by atoms with Gasteiger partial charge in [0.25, 0.3) is 5.91 Å². The number of carbonyl (C=O) groups excluding carboxylic acids is 1. The van der Waals surface area contributed by atoms with Crippen molar-refractivity contribution in [1.82, 2.24) is 4.90 Å². The monoisotopic (exact) mass is 283 g/mol. The van der Waals surface area contributed by atoms with Gasteiger partial charge in [-0.1, -0.05) is 6.92 Å². The lowest BCUT2D eigenvalue weighted by Crippen LogP contribution is -2.44. The number of hydrogen-bond acceptors (Lipinski definition) is 3. The number of piperidine rings is 1. The maximum atomic E-state index is 13.6. The summed E-state index contributed by atoms with van der Waals surface area (Å²) in [6, 6.07) is 2.11. The predicted molar refractivity (Wildman–Crippen MR) is 73.1 cm³/mol. The molecule has 1 aromatic rings. The fourth-order valence-electron chi connectivity index (χ4n) is 2.71. The Hall–Kier alpha value is -1.69. The molecule has 2 unspecified atom stereocenters. The summed E-state index contributed by atoms with van der Waals surface area (Å²) in [5.74, 6) is 3.52. The third-order valence-electron chi connectivity index (χ3n) is 3.83. The number of nitrogens with one attached hydrogen (secondary N) is 1. The maximum absolute atomic E-state index is 13.6. The summed E-state index contributed by atoms with van der Waals surface area (Å²) in [6.07, 6.45) is 1.81. The first kappa shape index (κ1) is 14.7. The molecule has 110 valence electrons. The first-order valence-corrected chi connectivity index (χ1v) is 6.70. The van der Waals surface area contributed by atoms with Gasteiger partial charge in [-0.15, -0.1) is 0 Å². The van der Waals surface area contributed by atoms with Crippen LogP contribution >= 0.6 is 0 Å². The Morgan fingerprint density at radius 3 is 2.45 bits per heavy atom. The maximum Gasteiger partial charge on any atom is 0.254 e. The number of hydrogen-bond donors (Lipinski definition) is 2. The van der Waals surface area contributed by atoms with Gasteiger partial charge in [0.05, 0.1) is 0 Å². The van der Waals surface area contributed by atoms with Crippen molar-refractivity contribution in [3.63, 3.8) is 0 Å². The second-order valence-electron chi connectivity index (χ2n) is 5.44. The summed E-state index contributed by atoms with van der Waals surface area (Å²) in [7, 11) is 0. The van der Waals surface area contributed by atoms with E-state index in [0.717, 1.165) is 25.0 Å². The van der Waals surface area contributed by atoms with Gasteiger partial charge in [0, 0.05) is 18.2 Å². The fraction of sp³-hybridized carbons (Fsp3) is 0.500. The number of benzene rings is 1.